The molecule has 0 bridgehead atoms. The van der Waals surface area contributed by atoms with E-state index in [2.05, 4.69) is 33.7 Å². The summed E-state index contributed by atoms with van der Waals surface area (Å²) in [6.45, 7) is 7.25. The summed E-state index contributed by atoms with van der Waals surface area (Å²) in [5, 5.41) is 0.275. The van der Waals surface area contributed by atoms with Crippen molar-refractivity contribution in [2.75, 3.05) is 36.5 Å². The van der Waals surface area contributed by atoms with Crippen molar-refractivity contribution in [2.24, 2.45) is 5.92 Å². The fourth-order valence-corrected chi connectivity index (χ4v) is 2.34. The highest BCUT2D eigenvalue weighted by molar-refractivity contribution is 6.28. The van der Waals surface area contributed by atoms with E-state index in [-0.39, 0.29) is 5.28 Å². The van der Waals surface area contributed by atoms with Gasteiger partial charge in [0.1, 0.15) is 0 Å². The van der Waals surface area contributed by atoms with Gasteiger partial charge in [0.2, 0.25) is 17.2 Å². The maximum atomic E-state index is 5.99. The Morgan fingerprint density at radius 1 is 1.22 bits per heavy atom. The molecule has 1 aliphatic heterocycles. The molecule has 0 spiro atoms. The molecule has 0 N–H and O–H groups in total. The topological polar surface area (TPSA) is 45.2 Å². The molecule has 1 aliphatic rings. The lowest BCUT2D eigenvalue weighted by atomic mass is 10.2. The van der Waals surface area contributed by atoms with Crippen LogP contribution in [0.2, 0.25) is 5.28 Å². The fraction of sp³-hybridized carbons (Fsp3) is 0.750. The molecule has 0 unspecified atom stereocenters. The number of hydrogen-bond acceptors (Lipinski definition) is 5. The summed E-state index contributed by atoms with van der Waals surface area (Å²) in [7, 11) is 1.99. The summed E-state index contributed by atoms with van der Waals surface area (Å²) in [5.41, 5.74) is 0. The van der Waals surface area contributed by atoms with Gasteiger partial charge in [0.05, 0.1) is 0 Å². The average molecular weight is 270 g/mol. The van der Waals surface area contributed by atoms with Crippen LogP contribution in [0.1, 0.15) is 26.7 Å². The third-order valence-corrected chi connectivity index (χ3v) is 3.12. The van der Waals surface area contributed by atoms with E-state index in [1.54, 1.807) is 0 Å². The van der Waals surface area contributed by atoms with E-state index in [1.165, 1.54) is 12.8 Å². The third-order valence-electron chi connectivity index (χ3n) is 2.95. The quantitative estimate of drug-likeness (QED) is 0.839. The number of nitrogens with zero attached hydrogens (tertiary/aromatic N) is 5. The van der Waals surface area contributed by atoms with E-state index in [9.17, 15) is 0 Å². The lowest BCUT2D eigenvalue weighted by Gasteiger charge is -2.21. The van der Waals surface area contributed by atoms with Crippen molar-refractivity contribution < 1.29 is 0 Å². The number of rotatable bonds is 4. The summed E-state index contributed by atoms with van der Waals surface area (Å²) in [4.78, 5) is 17.1. The Kier molecular flexibility index (Phi) is 4.22. The number of hydrogen-bond donors (Lipinski definition) is 0. The van der Waals surface area contributed by atoms with Crippen LogP contribution in [0.5, 0.6) is 0 Å². The zero-order valence-electron chi connectivity index (χ0n) is 11.2. The summed E-state index contributed by atoms with van der Waals surface area (Å²) < 4.78 is 0. The van der Waals surface area contributed by atoms with Crippen LogP contribution < -0.4 is 9.80 Å². The van der Waals surface area contributed by atoms with Gasteiger partial charge in [-0.05, 0) is 30.4 Å². The molecule has 0 amide bonds. The van der Waals surface area contributed by atoms with Crippen molar-refractivity contribution in [3.63, 3.8) is 0 Å². The van der Waals surface area contributed by atoms with Gasteiger partial charge in [0, 0.05) is 26.7 Å². The van der Waals surface area contributed by atoms with E-state index in [0.29, 0.717) is 17.8 Å². The van der Waals surface area contributed by atoms with Crippen molar-refractivity contribution in [1.82, 2.24) is 15.0 Å². The van der Waals surface area contributed by atoms with Crippen molar-refractivity contribution in [2.45, 2.75) is 26.7 Å². The van der Waals surface area contributed by atoms with E-state index in [4.69, 9.17) is 11.6 Å². The Hall–Kier alpha value is -1.10. The SMILES string of the molecule is CC(C)CN(C)c1nc(Cl)nc(N2CCCC2)n1. The van der Waals surface area contributed by atoms with Gasteiger partial charge in [-0.1, -0.05) is 13.8 Å². The molecule has 0 aromatic carbocycles. The largest absolute Gasteiger partial charge is 0.343 e. The zero-order chi connectivity index (χ0) is 13.1. The summed E-state index contributed by atoms with van der Waals surface area (Å²) in [5.74, 6) is 1.92. The Morgan fingerprint density at radius 3 is 2.50 bits per heavy atom. The molecule has 5 nitrogen and oxygen atoms in total. The molecule has 18 heavy (non-hydrogen) atoms. The number of aromatic nitrogens is 3. The molecule has 0 atom stereocenters. The van der Waals surface area contributed by atoms with Gasteiger partial charge in [-0.25, -0.2) is 0 Å². The third kappa shape index (κ3) is 3.22. The highest BCUT2D eigenvalue weighted by Crippen LogP contribution is 2.20. The summed E-state index contributed by atoms with van der Waals surface area (Å²) in [6.07, 6.45) is 2.39. The van der Waals surface area contributed by atoms with Gasteiger partial charge in [-0.2, -0.15) is 15.0 Å². The van der Waals surface area contributed by atoms with Crippen LogP contribution in [-0.2, 0) is 0 Å². The second-order valence-electron chi connectivity index (χ2n) is 5.17. The molecule has 0 aliphatic carbocycles. The van der Waals surface area contributed by atoms with Crippen LogP contribution in [0.15, 0.2) is 0 Å². The second-order valence-corrected chi connectivity index (χ2v) is 5.51. The zero-order valence-corrected chi connectivity index (χ0v) is 12.0. The molecule has 1 saturated heterocycles. The summed E-state index contributed by atoms with van der Waals surface area (Å²) in [6, 6.07) is 0. The molecule has 2 heterocycles. The average Bonchev–Trinajstić information content (AvgIpc) is 2.80. The Balaban J connectivity index is 2.20. The molecular weight excluding hydrogens is 250 g/mol. The standard InChI is InChI=1S/C12H20ClN5/c1-9(2)8-17(3)11-14-10(13)15-12(16-11)18-6-4-5-7-18/h9H,4-8H2,1-3H3. The molecule has 2 rings (SSSR count). The number of halogens is 1. The van der Waals surface area contributed by atoms with E-state index >= 15 is 0 Å². The molecule has 1 aromatic rings. The first-order valence-corrected chi connectivity index (χ1v) is 6.81. The molecule has 1 fully saturated rings. The highest BCUT2D eigenvalue weighted by atomic mass is 35.5. The van der Waals surface area contributed by atoms with Crippen molar-refractivity contribution in [3.05, 3.63) is 5.28 Å². The van der Waals surface area contributed by atoms with Gasteiger partial charge in [0.15, 0.2) is 0 Å². The number of anilines is 2. The van der Waals surface area contributed by atoms with E-state index < -0.39 is 0 Å². The fourth-order valence-electron chi connectivity index (χ4n) is 2.19. The molecule has 0 radical (unpaired) electrons. The maximum Gasteiger partial charge on any atom is 0.231 e. The molecule has 1 aromatic heterocycles. The summed E-state index contributed by atoms with van der Waals surface area (Å²) >= 11 is 5.99. The minimum Gasteiger partial charge on any atom is -0.343 e. The maximum absolute atomic E-state index is 5.99. The lowest BCUT2D eigenvalue weighted by Crippen LogP contribution is -2.27. The van der Waals surface area contributed by atoms with Gasteiger partial charge in [0.25, 0.3) is 0 Å². The second kappa shape index (κ2) is 5.69. The van der Waals surface area contributed by atoms with Crippen molar-refractivity contribution in [3.8, 4) is 0 Å². The van der Waals surface area contributed by atoms with Crippen LogP contribution in [0.25, 0.3) is 0 Å². The molecular formula is C12H20ClN5. The van der Waals surface area contributed by atoms with Crippen LogP contribution in [0.3, 0.4) is 0 Å². The predicted octanol–water partition coefficient (Wildman–Crippen LogP) is 2.22. The molecule has 6 heteroatoms. The Bertz CT molecular complexity index is 403. The van der Waals surface area contributed by atoms with Crippen LogP contribution in [0.4, 0.5) is 11.9 Å². The monoisotopic (exact) mass is 269 g/mol. The normalized spacial score (nSPS) is 15.5. The Labute approximate surface area is 113 Å². The highest BCUT2D eigenvalue weighted by Gasteiger charge is 2.18. The van der Waals surface area contributed by atoms with E-state index in [0.717, 1.165) is 19.6 Å². The first-order valence-electron chi connectivity index (χ1n) is 6.44. The van der Waals surface area contributed by atoms with Crippen LogP contribution >= 0.6 is 11.6 Å². The van der Waals surface area contributed by atoms with Gasteiger partial charge >= 0.3 is 0 Å². The van der Waals surface area contributed by atoms with Gasteiger partial charge in [-0.3, -0.25) is 0 Å². The van der Waals surface area contributed by atoms with Crippen LogP contribution in [-0.4, -0.2) is 41.6 Å². The van der Waals surface area contributed by atoms with Crippen molar-refractivity contribution in [1.29, 1.82) is 0 Å². The van der Waals surface area contributed by atoms with Crippen LogP contribution in [0, 0.1) is 5.92 Å². The van der Waals surface area contributed by atoms with E-state index in [1.807, 2.05) is 11.9 Å². The first-order chi connectivity index (χ1) is 8.56. The first kappa shape index (κ1) is 13.3. The molecule has 0 saturated carbocycles. The molecule has 100 valence electrons. The van der Waals surface area contributed by atoms with Crippen molar-refractivity contribution >= 4 is 23.5 Å². The van der Waals surface area contributed by atoms with Gasteiger partial charge < -0.3 is 9.80 Å². The minimum atomic E-state index is 0.275. The Morgan fingerprint density at radius 2 is 1.89 bits per heavy atom. The predicted molar refractivity (Wildman–Crippen MR) is 74.4 cm³/mol. The smallest absolute Gasteiger partial charge is 0.231 e. The lowest BCUT2D eigenvalue weighted by molar-refractivity contribution is 0.628. The minimum absolute atomic E-state index is 0.275. The van der Waals surface area contributed by atoms with Gasteiger partial charge in [-0.15, -0.1) is 0 Å².